The second-order valence-corrected chi connectivity index (χ2v) is 20.5. The van der Waals surface area contributed by atoms with Crippen LogP contribution >= 0.6 is 0 Å². The fourth-order valence-corrected chi connectivity index (χ4v) is 9.21. The average Bonchev–Trinajstić information content (AvgIpc) is 3.35. The highest BCUT2D eigenvalue weighted by Crippen LogP contribution is 2.23. The molecule has 0 aromatic heterocycles. The Labute approximate surface area is 428 Å². The number of carbonyl (C=O) groups is 3. The normalized spacial score (nSPS) is 18.8. The monoisotopic (exact) mass is 993 g/mol. The molecule has 0 aliphatic carbocycles. The van der Waals surface area contributed by atoms with Crippen LogP contribution in [0.25, 0.3) is 0 Å². The number of carboxylic acid groups (broad SMARTS) is 1. The SMILES string of the molecule is CCCCCCC/C=C\C/C=C\CCCCCCCCCCCCCC(=O)OCC(COC1OC(C(=O)O)C(O)C(O)C1O)OC(=O)CCCCCCCCCCCCCCCCCCCCCCC. The second-order valence-electron chi connectivity index (χ2n) is 20.5. The van der Waals surface area contributed by atoms with Gasteiger partial charge in [-0.1, -0.05) is 250 Å². The van der Waals surface area contributed by atoms with Gasteiger partial charge in [-0.05, 0) is 44.9 Å². The number of aliphatic carboxylic acids is 1. The molecular formula is C59H108O11. The molecule has 6 atom stereocenters. The maximum absolute atomic E-state index is 12.9. The Bertz CT molecular complexity index is 1260. The predicted molar refractivity (Wildman–Crippen MR) is 285 cm³/mol. The Morgan fingerprint density at radius 3 is 1.19 bits per heavy atom. The first-order valence-corrected chi connectivity index (χ1v) is 29.4. The van der Waals surface area contributed by atoms with Gasteiger partial charge in [-0.25, -0.2) is 4.79 Å². The fraction of sp³-hybridized carbons (Fsp3) is 0.881. The summed E-state index contributed by atoms with van der Waals surface area (Å²) in [6.07, 6.45) is 49.5. The van der Waals surface area contributed by atoms with E-state index in [2.05, 4.69) is 38.2 Å². The number of hydrogen-bond donors (Lipinski definition) is 4. The van der Waals surface area contributed by atoms with Gasteiger partial charge in [0.1, 0.15) is 24.9 Å². The summed E-state index contributed by atoms with van der Waals surface area (Å²) >= 11 is 0. The number of aliphatic hydroxyl groups excluding tert-OH is 3. The lowest BCUT2D eigenvalue weighted by molar-refractivity contribution is -0.298. The Balaban J connectivity index is 2.22. The van der Waals surface area contributed by atoms with Crippen molar-refractivity contribution in [1.29, 1.82) is 0 Å². The minimum absolute atomic E-state index is 0.188. The highest BCUT2D eigenvalue weighted by Gasteiger charge is 2.47. The van der Waals surface area contributed by atoms with Crippen LogP contribution in [-0.2, 0) is 33.3 Å². The molecule has 1 aliphatic heterocycles. The quantitative estimate of drug-likeness (QED) is 0.0260. The molecular weight excluding hydrogens is 885 g/mol. The molecule has 70 heavy (non-hydrogen) atoms. The standard InChI is InChI=1S/C59H108O11/c1-3-5-7-9-11-13-15-17-19-21-23-25-26-28-29-31-33-35-37-39-41-43-45-47-52(60)67-49-51(50-68-59-56(64)54(62)55(63)57(70-59)58(65)66)69-53(61)48-46-44-42-40-38-36-34-32-30-27-24-22-20-18-16-14-12-10-8-6-4-2/h15,17,21,23,51,54-57,59,62-64H,3-14,16,18-20,22,24-50H2,1-2H3,(H,65,66)/b17-15-,23-21-. The summed E-state index contributed by atoms with van der Waals surface area (Å²) in [6, 6.07) is 0. The van der Waals surface area contributed by atoms with Crippen LogP contribution in [0.5, 0.6) is 0 Å². The molecule has 0 aromatic rings. The predicted octanol–water partition coefficient (Wildman–Crippen LogP) is 14.9. The molecule has 4 N–H and O–H groups in total. The van der Waals surface area contributed by atoms with Crippen molar-refractivity contribution in [2.24, 2.45) is 0 Å². The summed E-state index contributed by atoms with van der Waals surface area (Å²) in [4.78, 5) is 37.1. The molecule has 11 nitrogen and oxygen atoms in total. The number of aliphatic hydroxyl groups is 3. The zero-order valence-electron chi connectivity index (χ0n) is 45.0. The van der Waals surface area contributed by atoms with E-state index in [9.17, 15) is 34.8 Å². The summed E-state index contributed by atoms with van der Waals surface area (Å²) in [5.41, 5.74) is 0. The Morgan fingerprint density at radius 2 is 0.800 bits per heavy atom. The maximum atomic E-state index is 12.9. The molecule has 0 radical (unpaired) electrons. The number of carboxylic acids is 1. The third kappa shape index (κ3) is 39.2. The van der Waals surface area contributed by atoms with Crippen molar-refractivity contribution in [2.75, 3.05) is 13.2 Å². The molecule has 6 unspecified atom stereocenters. The third-order valence-corrected chi connectivity index (χ3v) is 13.8. The van der Waals surface area contributed by atoms with E-state index in [1.807, 2.05) is 0 Å². The molecule has 0 aromatic carbocycles. The van der Waals surface area contributed by atoms with Gasteiger partial charge in [0.15, 0.2) is 18.5 Å². The van der Waals surface area contributed by atoms with Crippen molar-refractivity contribution in [2.45, 2.75) is 320 Å². The molecule has 1 aliphatic rings. The number of hydrogen-bond acceptors (Lipinski definition) is 10. The van der Waals surface area contributed by atoms with Crippen molar-refractivity contribution in [3.05, 3.63) is 24.3 Å². The van der Waals surface area contributed by atoms with Gasteiger partial charge >= 0.3 is 17.9 Å². The van der Waals surface area contributed by atoms with E-state index < -0.39 is 54.7 Å². The third-order valence-electron chi connectivity index (χ3n) is 13.8. The van der Waals surface area contributed by atoms with Gasteiger partial charge < -0.3 is 39.4 Å². The van der Waals surface area contributed by atoms with E-state index in [1.54, 1.807) is 0 Å². The Hall–Kier alpha value is -2.31. The van der Waals surface area contributed by atoms with Gasteiger partial charge in [0.2, 0.25) is 0 Å². The number of unbranched alkanes of at least 4 members (excludes halogenated alkanes) is 36. The number of esters is 2. The summed E-state index contributed by atoms with van der Waals surface area (Å²) < 4.78 is 21.9. The molecule has 0 saturated carbocycles. The van der Waals surface area contributed by atoms with Gasteiger partial charge in [-0.15, -0.1) is 0 Å². The zero-order chi connectivity index (χ0) is 51.0. The first kappa shape index (κ1) is 65.7. The van der Waals surface area contributed by atoms with E-state index in [0.717, 1.165) is 44.9 Å². The van der Waals surface area contributed by atoms with Gasteiger partial charge in [0.05, 0.1) is 6.61 Å². The van der Waals surface area contributed by atoms with Crippen LogP contribution < -0.4 is 0 Å². The minimum atomic E-state index is -1.86. The van der Waals surface area contributed by atoms with E-state index in [0.29, 0.717) is 12.8 Å². The van der Waals surface area contributed by atoms with Crippen LogP contribution in [0, 0.1) is 0 Å². The fourth-order valence-electron chi connectivity index (χ4n) is 9.21. The molecule has 1 heterocycles. The molecule has 0 spiro atoms. The molecule has 0 amide bonds. The van der Waals surface area contributed by atoms with E-state index >= 15 is 0 Å². The maximum Gasteiger partial charge on any atom is 0.335 e. The first-order chi connectivity index (χ1) is 34.2. The van der Waals surface area contributed by atoms with Crippen LogP contribution in [0.3, 0.4) is 0 Å². The van der Waals surface area contributed by atoms with Gasteiger partial charge in [-0.2, -0.15) is 0 Å². The summed E-state index contributed by atoms with van der Waals surface area (Å²) in [7, 11) is 0. The van der Waals surface area contributed by atoms with Crippen molar-refractivity contribution in [1.82, 2.24) is 0 Å². The number of carbonyl (C=O) groups excluding carboxylic acids is 2. The summed E-state index contributed by atoms with van der Waals surface area (Å²) in [5, 5.41) is 40.1. The number of allylic oxidation sites excluding steroid dienone is 4. The number of rotatable bonds is 51. The topological polar surface area (TPSA) is 169 Å². The van der Waals surface area contributed by atoms with Crippen molar-refractivity contribution >= 4 is 17.9 Å². The lowest BCUT2D eigenvalue weighted by Gasteiger charge is -2.38. The van der Waals surface area contributed by atoms with Gasteiger partial charge in [0.25, 0.3) is 0 Å². The van der Waals surface area contributed by atoms with Crippen LogP contribution in [-0.4, -0.2) is 88.4 Å². The summed E-state index contributed by atoms with van der Waals surface area (Å²) in [6.45, 7) is 3.86. The lowest BCUT2D eigenvalue weighted by atomic mass is 9.99. The summed E-state index contributed by atoms with van der Waals surface area (Å²) in [5.74, 6) is -2.42. The van der Waals surface area contributed by atoms with Crippen LogP contribution in [0.2, 0.25) is 0 Å². The Morgan fingerprint density at radius 1 is 0.443 bits per heavy atom. The van der Waals surface area contributed by atoms with Crippen LogP contribution in [0.1, 0.15) is 284 Å². The largest absolute Gasteiger partial charge is 0.479 e. The highest BCUT2D eigenvalue weighted by molar-refractivity contribution is 5.73. The van der Waals surface area contributed by atoms with Crippen molar-refractivity contribution < 1.29 is 53.8 Å². The minimum Gasteiger partial charge on any atom is -0.479 e. The van der Waals surface area contributed by atoms with E-state index in [-0.39, 0.29) is 26.1 Å². The second kappa shape index (κ2) is 48.9. The highest BCUT2D eigenvalue weighted by atomic mass is 16.7. The zero-order valence-corrected chi connectivity index (χ0v) is 45.0. The van der Waals surface area contributed by atoms with Gasteiger partial charge in [-0.3, -0.25) is 9.59 Å². The first-order valence-electron chi connectivity index (χ1n) is 29.4. The molecule has 1 rings (SSSR count). The molecule has 410 valence electrons. The van der Waals surface area contributed by atoms with Crippen LogP contribution in [0.15, 0.2) is 24.3 Å². The lowest BCUT2D eigenvalue weighted by Crippen LogP contribution is -2.60. The molecule has 1 fully saturated rings. The molecule has 11 heteroatoms. The average molecular weight is 994 g/mol. The van der Waals surface area contributed by atoms with E-state index in [1.165, 1.54) is 199 Å². The van der Waals surface area contributed by atoms with Crippen molar-refractivity contribution in [3.8, 4) is 0 Å². The van der Waals surface area contributed by atoms with Crippen molar-refractivity contribution in [3.63, 3.8) is 0 Å². The Kier molecular flexibility index (Phi) is 45.9. The van der Waals surface area contributed by atoms with E-state index in [4.69, 9.17) is 18.9 Å². The number of ether oxygens (including phenoxy) is 4. The smallest absolute Gasteiger partial charge is 0.335 e. The molecule has 1 saturated heterocycles. The van der Waals surface area contributed by atoms with Gasteiger partial charge in [0, 0.05) is 12.8 Å². The molecule has 0 bridgehead atoms. The van der Waals surface area contributed by atoms with Crippen LogP contribution in [0.4, 0.5) is 0 Å².